The van der Waals surface area contributed by atoms with Crippen LogP contribution in [0.5, 0.6) is 0 Å². The summed E-state index contributed by atoms with van der Waals surface area (Å²) in [4.78, 5) is 32.8. The molecule has 2 N–H and O–H groups in total. The first-order valence-electron chi connectivity index (χ1n) is 5.44. The minimum atomic E-state index is -0.329. The quantitative estimate of drug-likeness (QED) is 0.613. The molecule has 0 heterocycles. The second-order valence-corrected chi connectivity index (χ2v) is 4.18. The van der Waals surface area contributed by atoms with Crippen LogP contribution >= 0.6 is 0 Å². The minimum absolute atomic E-state index is 0.0863. The molecular weight excluding hydrogens is 208 g/mol. The van der Waals surface area contributed by atoms with E-state index in [0.717, 1.165) is 0 Å². The lowest BCUT2D eigenvalue weighted by Gasteiger charge is -2.07. The van der Waals surface area contributed by atoms with Gasteiger partial charge in [-0.15, -0.1) is 0 Å². The number of rotatable bonds is 7. The van der Waals surface area contributed by atoms with E-state index in [1.807, 2.05) is 13.8 Å². The Hall–Kier alpha value is -1.39. The molecule has 2 amide bonds. The highest BCUT2D eigenvalue weighted by Gasteiger charge is 2.06. The number of amides is 2. The van der Waals surface area contributed by atoms with Crippen LogP contribution in [0.3, 0.4) is 0 Å². The summed E-state index contributed by atoms with van der Waals surface area (Å²) in [5, 5.41) is 5.25. The Morgan fingerprint density at radius 1 is 1.06 bits per heavy atom. The van der Waals surface area contributed by atoms with Gasteiger partial charge in [0.1, 0.15) is 5.78 Å². The molecule has 0 aromatic rings. The van der Waals surface area contributed by atoms with Crippen molar-refractivity contribution in [3.05, 3.63) is 0 Å². The zero-order chi connectivity index (χ0) is 12.6. The van der Waals surface area contributed by atoms with Gasteiger partial charge in [0.2, 0.25) is 11.8 Å². The number of hydrogen-bond donors (Lipinski definition) is 2. The molecule has 0 atom stereocenters. The van der Waals surface area contributed by atoms with Gasteiger partial charge in [-0.25, -0.2) is 0 Å². The molecule has 0 aromatic heterocycles. The van der Waals surface area contributed by atoms with Gasteiger partial charge in [0.05, 0.1) is 6.42 Å². The van der Waals surface area contributed by atoms with Gasteiger partial charge in [0, 0.05) is 19.5 Å². The zero-order valence-electron chi connectivity index (χ0n) is 10.1. The van der Waals surface area contributed by atoms with Crippen LogP contribution in [0.2, 0.25) is 0 Å². The molecule has 0 aliphatic carbocycles. The maximum Gasteiger partial charge on any atom is 0.227 e. The summed E-state index contributed by atoms with van der Waals surface area (Å²) in [6.45, 7) is 6.29. The van der Waals surface area contributed by atoms with Crippen molar-refractivity contribution in [3.8, 4) is 0 Å². The second kappa shape index (κ2) is 7.84. The normalized spacial score (nSPS) is 10.0. The van der Waals surface area contributed by atoms with Crippen molar-refractivity contribution in [2.75, 3.05) is 13.1 Å². The molecule has 5 heteroatoms. The van der Waals surface area contributed by atoms with Gasteiger partial charge in [-0.3, -0.25) is 14.4 Å². The molecule has 0 bridgehead atoms. The maximum atomic E-state index is 11.2. The van der Waals surface area contributed by atoms with Crippen molar-refractivity contribution >= 4 is 17.6 Å². The monoisotopic (exact) mass is 228 g/mol. The van der Waals surface area contributed by atoms with E-state index in [1.165, 1.54) is 6.92 Å². The summed E-state index contributed by atoms with van der Waals surface area (Å²) < 4.78 is 0. The van der Waals surface area contributed by atoms with Crippen LogP contribution in [0, 0.1) is 5.92 Å². The van der Waals surface area contributed by atoms with Crippen molar-refractivity contribution in [1.82, 2.24) is 10.6 Å². The number of Topliss-reactive ketones (excluding diaryl/α,β-unsaturated/α-hetero) is 1. The van der Waals surface area contributed by atoms with E-state index in [-0.39, 0.29) is 37.0 Å². The summed E-state index contributed by atoms with van der Waals surface area (Å²) in [5.41, 5.74) is 0. The van der Waals surface area contributed by atoms with Crippen LogP contribution < -0.4 is 10.6 Å². The molecule has 16 heavy (non-hydrogen) atoms. The molecule has 0 saturated carbocycles. The molecule has 0 fully saturated rings. The third kappa shape index (κ3) is 9.18. The number of nitrogens with one attached hydrogen (secondary N) is 2. The Morgan fingerprint density at radius 3 is 2.19 bits per heavy atom. The highest BCUT2D eigenvalue weighted by molar-refractivity contribution is 5.96. The average molecular weight is 228 g/mol. The number of ketones is 1. The van der Waals surface area contributed by atoms with Crippen molar-refractivity contribution in [2.24, 2.45) is 5.92 Å². The Labute approximate surface area is 96.0 Å². The van der Waals surface area contributed by atoms with Gasteiger partial charge in [-0.1, -0.05) is 13.8 Å². The fraction of sp³-hybridized carbons (Fsp3) is 0.727. The van der Waals surface area contributed by atoms with E-state index in [0.29, 0.717) is 12.5 Å². The van der Waals surface area contributed by atoms with E-state index in [1.54, 1.807) is 0 Å². The third-order valence-electron chi connectivity index (χ3n) is 1.79. The smallest absolute Gasteiger partial charge is 0.227 e. The summed E-state index contributed by atoms with van der Waals surface area (Å²) in [5.74, 6) is -0.181. The number of hydrogen-bond acceptors (Lipinski definition) is 3. The fourth-order valence-corrected chi connectivity index (χ4v) is 1.01. The Morgan fingerprint density at radius 2 is 1.69 bits per heavy atom. The van der Waals surface area contributed by atoms with E-state index < -0.39 is 0 Å². The van der Waals surface area contributed by atoms with Crippen LogP contribution in [0.1, 0.15) is 33.6 Å². The molecule has 0 aliphatic rings. The van der Waals surface area contributed by atoms with Crippen LogP contribution in [0.25, 0.3) is 0 Å². The number of carbonyl (C=O) groups excluding carboxylic acids is 3. The van der Waals surface area contributed by atoms with Gasteiger partial charge in [0.15, 0.2) is 0 Å². The molecule has 0 saturated heterocycles. The lowest BCUT2D eigenvalue weighted by Crippen LogP contribution is -2.32. The Bertz CT molecular complexity index is 262. The summed E-state index contributed by atoms with van der Waals surface area (Å²) in [7, 11) is 0. The Balaban J connectivity index is 3.54. The lowest BCUT2D eigenvalue weighted by atomic mass is 10.2. The summed E-state index contributed by atoms with van der Waals surface area (Å²) >= 11 is 0. The summed E-state index contributed by atoms with van der Waals surface area (Å²) in [6, 6.07) is 0. The van der Waals surface area contributed by atoms with Crippen molar-refractivity contribution in [1.29, 1.82) is 0 Å². The summed E-state index contributed by atoms with van der Waals surface area (Å²) in [6.07, 6.45) is 0.129. The van der Waals surface area contributed by atoms with E-state index in [9.17, 15) is 14.4 Å². The van der Waals surface area contributed by atoms with Crippen LogP contribution in [0.15, 0.2) is 0 Å². The molecule has 0 rings (SSSR count). The average Bonchev–Trinajstić information content (AvgIpc) is 2.13. The molecule has 0 aliphatic heterocycles. The van der Waals surface area contributed by atoms with Crippen LogP contribution in [0.4, 0.5) is 0 Å². The Kier molecular flexibility index (Phi) is 7.16. The fourth-order valence-electron chi connectivity index (χ4n) is 1.01. The molecule has 92 valence electrons. The largest absolute Gasteiger partial charge is 0.356 e. The highest BCUT2D eigenvalue weighted by Crippen LogP contribution is 1.88. The van der Waals surface area contributed by atoms with Crippen molar-refractivity contribution in [3.63, 3.8) is 0 Å². The van der Waals surface area contributed by atoms with Crippen molar-refractivity contribution in [2.45, 2.75) is 33.6 Å². The zero-order valence-corrected chi connectivity index (χ0v) is 10.1. The first-order chi connectivity index (χ1) is 7.41. The standard InChI is InChI=1S/C11H20N2O3/c1-8(2)7-13-10(15)4-5-12-11(16)6-9(3)14/h8H,4-7H2,1-3H3,(H,12,16)(H,13,15). The SMILES string of the molecule is CC(=O)CC(=O)NCCC(=O)NCC(C)C. The van der Waals surface area contributed by atoms with Gasteiger partial charge in [0.25, 0.3) is 0 Å². The molecule has 0 unspecified atom stereocenters. The first-order valence-corrected chi connectivity index (χ1v) is 5.44. The second-order valence-electron chi connectivity index (χ2n) is 4.18. The maximum absolute atomic E-state index is 11.2. The molecular formula is C11H20N2O3. The van der Waals surface area contributed by atoms with E-state index >= 15 is 0 Å². The number of carbonyl (C=O) groups is 3. The van der Waals surface area contributed by atoms with E-state index in [4.69, 9.17) is 0 Å². The van der Waals surface area contributed by atoms with Gasteiger partial charge in [-0.05, 0) is 12.8 Å². The molecule has 5 nitrogen and oxygen atoms in total. The predicted molar refractivity (Wildman–Crippen MR) is 60.8 cm³/mol. The predicted octanol–water partition coefficient (Wildman–Crippen LogP) is 0.244. The third-order valence-corrected chi connectivity index (χ3v) is 1.79. The molecule has 0 aromatic carbocycles. The lowest BCUT2D eigenvalue weighted by molar-refractivity contribution is -0.127. The van der Waals surface area contributed by atoms with Crippen LogP contribution in [-0.4, -0.2) is 30.7 Å². The van der Waals surface area contributed by atoms with Crippen molar-refractivity contribution < 1.29 is 14.4 Å². The first kappa shape index (κ1) is 14.6. The van der Waals surface area contributed by atoms with Gasteiger partial charge >= 0.3 is 0 Å². The highest BCUT2D eigenvalue weighted by atomic mass is 16.2. The minimum Gasteiger partial charge on any atom is -0.356 e. The van der Waals surface area contributed by atoms with Crippen LogP contribution in [-0.2, 0) is 14.4 Å². The molecule has 0 spiro atoms. The van der Waals surface area contributed by atoms with E-state index in [2.05, 4.69) is 10.6 Å². The molecule has 0 radical (unpaired) electrons. The van der Waals surface area contributed by atoms with Gasteiger partial charge in [-0.2, -0.15) is 0 Å². The van der Waals surface area contributed by atoms with Gasteiger partial charge < -0.3 is 10.6 Å². The topological polar surface area (TPSA) is 75.3 Å².